The van der Waals surface area contributed by atoms with E-state index in [2.05, 4.69) is 20.4 Å². The van der Waals surface area contributed by atoms with Crippen molar-refractivity contribution in [3.63, 3.8) is 0 Å². The van der Waals surface area contributed by atoms with E-state index < -0.39 is 7.63 Å². The van der Waals surface area contributed by atoms with Gasteiger partial charge in [0.25, 0.3) is 7.63 Å². The van der Waals surface area contributed by atoms with Gasteiger partial charge in [-0.25, -0.2) is 0 Å². The normalized spacial score (nSPS) is 13.9. The first-order valence-corrected chi connectivity index (χ1v) is 15.1. The standard InChI is InChI=1S/C22H47ClOSi/c1-4-6-7-8-9-10-11-12-13-14-15-16-17-18-19-20-22-25(3,23)24-21-5-2/h4-22H2,1-3H3. The summed E-state index contributed by atoms with van der Waals surface area (Å²) in [6.07, 6.45) is 23.8. The maximum absolute atomic E-state index is 6.50. The molecule has 0 aromatic heterocycles. The van der Waals surface area contributed by atoms with E-state index in [-0.39, 0.29) is 0 Å². The van der Waals surface area contributed by atoms with Crippen LogP contribution in [0, 0.1) is 0 Å². The molecule has 0 aromatic rings. The molecule has 1 nitrogen and oxygen atoms in total. The largest absolute Gasteiger partial charge is 0.403 e. The first-order chi connectivity index (χ1) is 12.1. The van der Waals surface area contributed by atoms with E-state index in [4.69, 9.17) is 15.5 Å². The van der Waals surface area contributed by atoms with Crippen molar-refractivity contribution in [2.45, 2.75) is 136 Å². The van der Waals surface area contributed by atoms with Gasteiger partial charge in [0.15, 0.2) is 0 Å². The molecule has 0 aliphatic carbocycles. The molecule has 0 fully saturated rings. The average Bonchev–Trinajstić information content (AvgIpc) is 2.59. The molecule has 1 unspecified atom stereocenters. The van der Waals surface area contributed by atoms with E-state index in [1.54, 1.807) is 0 Å². The van der Waals surface area contributed by atoms with Gasteiger partial charge >= 0.3 is 0 Å². The average molecular weight is 391 g/mol. The van der Waals surface area contributed by atoms with Gasteiger partial charge < -0.3 is 4.43 Å². The lowest BCUT2D eigenvalue weighted by Gasteiger charge is -2.19. The summed E-state index contributed by atoms with van der Waals surface area (Å²) in [4.78, 5) is 0. The molecule has 0 N–H and O–H groups in total. The SMILES string of the molecule is CCCCCCCCCCCCCCCCCC[Si](C)(Cl)OCCC. The van der Waals surface area contributed by atoms with Crippen LogP contribution in [0.3, 0.4) is 0 Å². The molecule has 0 aliphatic heterocycles. The molecule has 152 valence electrons. The molecule has 0 amide bonds. The van der Waals surface area contributed by atoms with Gasteiger partial charge in [-0.2, -0.15) is 0 Å². The third-order valence-corrected chi connectivity index (χ3v) is 8.03. The number of halogens is 1. The van der Waals surface area contributed by atoms with Crippen LogP contribution >= 0.6 is 11.1 Å². The van der Waals surface area contributed by atoms with Crippen molar-refractivity contribution < 1.29 is 4.43 Å². The molecule has 1 atom stereocenters. The quantitative estimate of drug-likeness (QED) is 0.114. The van der Waals surface area contributed by atoms with Gasteiger partial charge in [0, 0.05) is 6.61 Å². The monoisotopic (exact) mass is 390 g/mol. The number of unbranched alkanes of at least 4 members (excludes halogenated alkanes) is 15. The second-order valence-corrected chi connectivity index (χ2v) is 13.4. The Morgan fingerprint density at radius 3 is 1.28 bits per heavy atom. The first-order valence-electron chi connectivity index (χ1n) is 11.4. The molecule has 0 heterocycles. The molecule has 0 saturated heterocycles. The zero-order chi connectivity index (χ0) is 18.6. The fourth-order valence-electron chi connectivity index (χ4n) is 3.38. The van der Waals surface area contributed by atoms with Crippen molar-refractivity contribution >= 4 is 18.7 Å². The van der Waals surface area contributed by atoms with Crippen LogP contribution in [0.25, 0.3) is 0 Å². The minimum Gasteiger partial charge on any atom is -0.403 e. The van der Waals surface area contributed by atoms with Crippen LogP contribution in [-0.4, -0.2) is 14.2 Å². The molecule has 0 bridgehead atoms. The summed E-state index contributed by atoms with van der Waals surface area (Å²) in [5.74, 6) is 0. The molecule has 0 rings (SSSR count). The highest BCUT2D eigenvalue weighted by molar-refractivity contribution is 7.16. The molecule has 0 spiro atoms. The van der Waals surface area contributed by atoms with Gasteiger partial charge in [0.05, 0.1) is 0 Å². The van der Waals surface area contributed by atoms with E-state index >= 15 is 0 Å². The van der Waals surface area contributed by atoms with E-state index in [9.17, 15) is 0 Å². The van der Waals surface area contributed by atoms with Gasteiger partial charge in [-0.1, -0.05) is 117 Å². The predicted molar refractivity (Wildman–Crippen MR) is 118 cm³/mol. The summed E-state index contributed by atoms with van der Waals surface area (Å²) in [5.41, 5.74) is 0. The Balaban J connectivity index is 3.14. The summed E-state index contributed by atoms with van der Waals surface area (Å²) < 4.78 is 5.81. The van der Waals surface area contributed by atoms with Crippen molar-refractivity contribution in [3.05, 3.63) is 0 Å². The fraction of sp³-hybridized carbons (Fsp3) is 1.00. The summed E-state index contributed by atoms with van der Waals surface area (Å²) in [6, 6.07) is 1.12. The lowest BCUT2D eigenvalue weighted by Crippen LogP contribution is -2.27. The summed E-state index contributed by atoms with van der Waals surface area (Å²) >= 11 is 6.50. The Morgan fingerprint density at radius 2 is 0.920 bits per heavy atom. The van der Waals surface area contributed by atoms with Crippen molar-refractivity contribution in [2.24, 2.45) is 0 Å². The highest BCUT2D eigenvalue weighted by Crippen LogP contribution is 2.21. The van der Waals surface area contributed by atoms with Crippen LogP contribution in [0.5, 0.6) is 0 Å². The van der Waals surface area contributed by atoms with Gasteiger partial charge in [-0.15, -0.1) is 11.1 Å². The van der Waals surface area contributed by atoms with Gasteiger partial charge in [-0.3, -0.25) is 0 Å². The van der Waals surface area contributed by atoms with Gasteiger partial charge in [-0.05, 0) is 19.0 Å². The fourth-order valence-corrected chi connectivity index (χ4v) is 5.66. The minimum absolute atomic E-state index is 0.838. The molecule has 3 heteroatoms. The second kappa shape index (κ2) is 19.2. The van der Waals surface area contributed by atoms with Crippen LogP contribution < -0.4 is 0 Å². The summed E-state index contributed by atoms with van der Waals surface area (Å²) in [6.45, 7) is 7.43. The predicted octanol–water partition coefficient (Wildman–Crippen LogP) is 8.99. The lowest BCUT2D eigenvalue weighted by atomic mass is 10.0. The number of hydrogen-bond acceptors (Lipinski definition) is 1. The highest BCUT2D eigenvalue weighted by atomic mass is 35.6. The zero-order valence-electron chi connectivity index (χ0n) is 17.7. The van der Waals surface area contributed by atoms with Gasteiger partial charge in [0.1, 0.15) is 0 Å². The van der Waals surface area contributed by atoms with Crippen LogP contribution in [-0.2, 0) is 4.43 Å². The van der Waals surface area contributed by atoms with Crippen LogP contribution in [0.15, 0.2) is 0 Å². The lowest BCUT2D eigenvalue weighted by molar-refractivity contribution is 0.314. The smallest absolute Gasteiger partial charge is 0.286 e. The van der Waals surface area contributed by atoms with E-state index in [1.165, 1.54) is 103 Å². The zero-order valence-corrected chi connectivity index (χ0v) is 19.5. The Hall–Kier alpha value is 0.467. The third-order valence-electron chi connectivity index (χ3n) is 5.08. The van der Waals surface area contributed by atoms with E-state index in [1.807, 2.05) is 0 Å². The van der Waals surface area contributed by atoms with Gasteiger partial charge in [0.2, 0.25) is 0 Å². The Labute approximate surface area is 165 Å². The van der Waals surface area contributed by atoms with Crippen LogP contribution in [0.1, 0.15) is 123 Å². The molecular formula is C22H47ClOSi. The first kappa shape index (κ1) is 25.5. The van der Waals surface area contributed by atoms with E-state index in [0.717, 1.165) is 19.1 Å². The molecule has 0 aliphatic rings. The topological polar surface area (TPSA) is 9.23 Å². The number of rotatable bonds is 20. The van der Waals surface area contributed by atoms with Crippen molar-refractivity contribution in [3.8, 4) is 0 Å². The third kappa shape index (κ3) is 20.6. The van der Waals surface area contributed by atoms with E-state index in [0.29, 0.717) is 0 Å². The van der Waals surface area contributed by atoms with Crippen LogP contribution in [0.2, 0.25) is 12.6 Å². The Morgan fingerprint density at radius 1 is 0.560 bits per heavy atom. The second-order valence-electron chi connectivity index (χ2n) is 8.00. The highest BCUT2D eigenvalue weighted by Gasteiger charge is 2.24. The van der Waals surface area contributed by atoms with Crippen LogP contribution in [0.4, 0.5) is 0 Å². The molecule has 25 heavy (non-hydrogen) atoms. The molecule has 0 saturated carbocycles. The summed E-state index contributed by atoms with van der Waals surface area (Å²) in [5, 5.41) is 0. The number of hydrogen-bond donors (Lipinski definition) is 0. The van der Waals surface area contributed by atoms with Crippen molar-refractivity contribution in [1.29, 1.82) is 0 Å². The molecule has 0 radical (unpaired) electrons. The molecular weight excluding hydrogens is 344 g/mol. The van der Waals surface area contributed by atoms with Crippen molar-refractivity contribution in [2.75, 3.05) is 6.61 Å². The Bertz CT molecular complexity index is 258. The Kier molecular flexibility index (Phi) is 19.6. The summed E-state index contributed by atoms with van der Waals surface area (Å²) in [7, 11) is -1.86. The molecule has 0 aromatic carbocycles. The minimum atomic E-state index is -1.86. The van der Waals surface area contributed by atoms with Crippen molar-refractivity contribution in [1.82, 2.24) is 0 Å². The maximum atomic E-state index is 6.50. The maximum Gasteiger partial charge on any atom is 0.286 e.